The van der Waals surface area contributed by atoms with Gasteiger partial charge in [-0.2, -0.15) is 0 Å². The van der Waals surface area contributed by atoms with Crippen LogP contribution in [0.2, 0.25) is 0 Å². The summed E-state index contributed by atoms with van der Waals surface area (Å²) >= 11 is 1.81. The van der Waals surface area contributed by atoms with Crippen molar-refractivity contribution in [1.29, 1.82) is 0 Å². The van der Waals surface area contributed by atoms with Crippen molar-refractivity contribution >= 4 is 17.7 Å². The van der Waals surface area contributed by atoms with Crippen LogP contribution < -0.4 is 10.6 Å². The summed E-state index contributed by atoms with van der Waals surface area (Å²) in [5.74, 6) is 1.24. The van der Waals surface area contributed by atoms with Gasteiger partial charge in [-0.25, -0.2) is 0 Å². The van der Waals surface area contributed by atoms with Crippen molar-refractivity contribution in [3.63, 3.8) is 0 Å². The van der Waals surface area contributed by atoms with Crippen LogP contribution in [0.4, 0.5) is 0 Å². The van der Waals surface area contributed by atoms with Crippen molar-refractivity contribution < 1.29 is 4.79 Å². The Kier molecular flexibility index (Phi) is 3.02. The zero-order chi connectivity index (χ0) is 7.40. The highest BCUT2D eigenvalue weighted by atomic mass is 32.2. The second kappa shape index (κ2) is 3.83. The second-order valence-corrected chi connectivity index (χ2v) is 3.50. The Bertz CT molecular complexity index is 123. The fraction of sp³-hybridized carbons (Fsp3) is 0.833. The number of hydrogen-bond donors (Lipinski definition) is 2. The van der Waals surface area contributed by atoms with E-state index in [-0.39, 0.29) is 5.91 Å². The first-order valence-electron chi connectivity index (χ1n) is 3.38. The molecule has 0 bridgehead atoms. The van der Waals surface area contributed by atoms with Crippen molar-refractivity contribution in [3.05, 3.63) is 0 Å². The number of rotatable bonds is 2. The van der Waals surface area contributed by atoms with E-state index in [1.54, 1.807) is 7.05 Å². The van der Waals surface area contributed by atoms with E-state index in [0.717, 1.165) is 12.3 Å². The van der Waals surface area contributed by atoms with E-state index in [2.05, 4.69) is 10.6 Å². The molecule has 0 saturated carbocycles. The van der Waals surface area contributed by atoms with E-state index in [4.69, 9.17) is 0 Å². The molecule has 3 nitrogen and oxygen atoms in total. The number of nitrogens with one attached hydrogen (secondary N) is 2. The summed E-state index contributed by atoms with van der Waals surface area (Å²) in [6, 6.07) is 0. The third-order valence-electron chi connectivity index (χ3n) is 1.44. The minimum absolute atomic E-state index is 0.117. The van der Waals surface area contributed by atoms with E-state index in [0.29, 0.717) is 11.8 Å². The van der Waals surface area contributed by atoms with Gasteiger partial charge in [0, 0.05) is 19.3 Å². The van der Waals surface area contributed by atoms with Gasteiger partial charge in [-0.15, -0.1) is 11.8 Å². The summed E-state index contributed by atoms with van der Waals surface area (Å²) in [5.41, 5.74) is 0. The van der Waals surface area contributed by atoms with E-state index in [1.165, 1.54) is 0 Å². The normalized spacial score (nSPS) is 24.7. The highest BCUT2D eigenvalue weighted by Crippen LogP contribution is 2.16. The topological polar surface area (TPSA) is 41.1 Å². The predicted molar refractivity (Wildman–Crippen MR) is 42.9 cm³/mol. The predicted octanol–water partition coefficient (Wildman–Crippen LogP) is -0.215. The quantitative estimate of drug-likeness (QED) is 0.587. The van der Waals surface area contributed by atoms with Crippen LogP contribution in [0.1, 0.15) is 6.42 Å². The standard InChI is InChI=1S/C6H12N2OS/c1-7-5(9)4-6-8-2-3-10-6/h6,8H,2-4H2,1H3,(H,7,9). The Labute approximate surface area is 64.9 Å². The summed E-state index contributed by atoms with van der Waals surface area (Å²) < 4.78 is 0. The first kappa shape index (κ1) is 7.88. The van der Waals surface area contributed by atoms with Crippen LogP contribution in [0.5, 0.6) is 0 Å². The third-order valence-corrected chi connectivity index (χ3v) is 2.62. The van der Waals surface area contributed by atoms with Gasteiger partial charge in [0.25, 0.3) is 0 Å². The van der Waals surface area contributed by atoms with E-state index in [9.17, 15) is 4.79 Å². The highest BCUT2D eigenvalue weighted by Gasteiger charge is 2.16. The SMILES string of the molecule is CNC(=O)CC1NCCS1. The maximum atomic E-state index is 10.8. The van der Waals surface area contributed by atoms with Crippen molar-refractivity contribution in [2.24, 2.45) is 0 Å². The zero-order valence-corrected chi connectivity index (χ0v) is 6.83. The monoisotopic (exact) mass is 160 g/mol. The Balaban J connectivity index is 2.17. The van der Waals surface area contributed by atoms with Gasteiger partial charge in [0.15, 0.2) is 0 Å². The lowest BCUT2D eigenvalue weighted by molar-refractivity contribution is -0.120. The fourth-order valence-electron chi connectivity index (χ4n) is 0.882. The molecule has 0 aromatic carbocycles. The van der Waals surface area contributed by atoms with E-state index < -0.39 is 0 Å². The summed E-state index contributed by atoms with van der Waals surface area (Å²) in [7, 11) is 1.67. The van der Waals surface area contributed by atoms with Gasteiger partial charge in [-0.3, -0.25) is 4.79 Å². The molecule has 1 unspecified atom stereocenters. The number of carbonyl (C=O) groups excluding carboxylic acids is 1. The maximum absolute atomic E-state index is 10.8. The molecule has 0 radical (unpaired) electrons. The molecule has 2 N–H and O–H groups in total. The van der Waals surface area contributed by atoms with Crippen LogP contribution in [-0.2, 0) is 4.79 Å². The smallest absolute Gasteiger partial charge is 0.222 e. The van der Waals surface area contributed by atoms with Crippen LogP contribution >= 0.6 is 11.8 Å². The summed E-state index contributed by atoms with van der Waals surface area (Å²) in [6.45, 7) is 1.03. The van der Waals surface area contributed by atoms with Gasteiger partial charge in [0.2, 0.25) is 5.91 Å². The van der Waals surface area contributed by atoms with Crippen LogP contribution in [0, 0.1) is 0 Å². The molecule has 4 heteroatoms. The molecular weight excluding hydrogens is 148 g/mol. The molecule has 1 aliphatic rings. The zero-order valence-electron chi connectivity index (χ0n) is 6.02. The summed E-state index contributed by atoms with van der Waals surface area (Å²) in [5, 5.41) is 6.17. The molecule has 10 heavy (non-hydrogen) atoms. The van der Waals surface area contributed by atoms with Crippen LogP contribution in [0.15, 0.2) is 0 Å². The lowest BCUT2D eigenvalue weighted by Crippen LogP contribution is -2.28. The molecule has 1 heterocycles. The number of carbonyl (C=O) groups is 1. The summed E-state index contributed by atoms with van der Waals surface area (Å²) in [6.07, 6.45) is 0.598. The first-order chi connectivity index (χ1) is 4.83. The van der Waals surface area contributed by atoms with Crippen LogP contribution in [0.25, 0.3) is 0 Å². The van der Waals surface area contributed by atoms with Gasteiger partial charge in [0.1, 0.15) is 0 Å². The molecule has 1 amide bonds. The van der Waals surface area contributed by atoms with Crippen molar-refractivity contribution in [2.45, 2.75) is 11.8 Å². The Hall–Kier alpha value is -0.220. The Morgan fingerprint density at radius 2 is 2.70 bits per heavy atom. The lowest BCUT2D eigenvalue weighted by Gasteiger charge is -2.06. The second-order valence-electron chi connectivity index (χ2n) is 2.19. The number of hydrogen-bond acceptors (Lipinski definition) is 3. The molecular formula is C6H12N2OS. The molecule has 1 fully saturated rings. The van der Waals surface area contributed by atoms with Crippen molar-refractivity contribution in [3.8, 4) is 0 Å². The molecule has 0 spiro atoms. The Morgan fingerprint density at radius 3 is 3.20 bits per heavy atom. The van der Waals surface area contributed by atoms with Gasteiger partial charge >= 0.3 is 0 Å². The number of thioether (sulfide) groups is 1. The van der Waals surface area contributed by atoms with Crippen LogP contribution in [-0.4, -0.2) is 30.6 Å². The number of amides is 1. The van der Waals surface area contributed by atoms with Gasteiger partial charge in [0.05, 0.1) is 11.8 Å². The fourth-order valence-corrected chi connectivity index (χ4v) is 1.91. The molecule has 0 aromatic rings. The van der Waals surface area contributed by atoms with Crippen LogP contribution in [0.3, 0.4) is 0 Å². The largest absolute Gasteiger partial charge is 0.359 e. The third kappa shape index (κ3) is 2.19. The summed E-state index contributed by atoms with van der Waals surface area (Å²) in [4.78, 5) is 10.8. The van der Waals surface area contributed by atoms with E-state index >= 15 is 0 Å². The highest BCUT2D eigenvalue weighted by molar-refractivity contribution is 8.00. The molecule has 1 rings (SSSR count). The maximum Gasteiger partial charge on any atom is 0.222 e. The first-order valence-corrected chi connectivity index (χ1v) is 4.43. The molecule has 1 aliphatic heterocycles. The minimum Gasteiger partial charge on any atom is -0.359 e. The van der Waals surface area contributed by atoms with Crippen molar-refractivity contribution in [1.82, 2.24) is 10.6 Å². The molecule has 58 valence electrons. The molecule has 0 aliphatic carbocycles. The lowest BCUT2D eigenvalue weighted by atomic mass is 10.4. The van der Waals surface area contributed by atoms with Crippen molar-refractivity contribution in [2.75, 3.05) is 19.3 Å². The average molecular weight is 160 g/mol. The molecule has 0 aromatic heterocycles. The van der Waals surface area contributed by atoms with Gasteiger partial charge in [-0.05, 0) is 0 Å². The van der Waals surface area contributed by atoms with E-state index in [1.807, 2.05) is 11.8 Å². The average Bonchev–Trinajstić information content (AvgIpc) is 2.40. The molecule has 1 atom stereocenters. The van der Waals surface area contributed by atoms with Gasteiger partial charge in [-0.1, -0.05) is 0 Å². The minimum atomic E-state index is 0.117. The molecule has 1 saturated heterocycles. The van der Waals surface area contributed by atoms with Gasteiger partial charge < -0.3 is 10.6 Å². The Morgan fingerprint density at radius 1 is 1.90 bits per heavy atom.